The standard InChI is InChI=1S/C16H28N4O2/c1-11(2)13(20-15(21)22-16(4,5)6)10-19-12(3)14-9-17-7-8-18-14/h7-9,11-13,19H,10H2,1-6H3,(H,20,21). The van der Waals surface area contributed by atoms with Gasteiger partial charge < -0.3 is 15.4 Å². The first-order valence-electron chi connectivity index (χ1n) is 7.68. The third-order valence-electron chi connectivity index (χ3n) is 3.18. The number of nitrogens with one attached hydrogen (secondary N) is 2. The first-order chi connectivity index (χ1) is 10.2. The van der Waals surface area contributed by atoms with E-state index in [1.807, 2.05) is 27.7 Å². The third kappa shape index (κ3) is 6.85. The van der Waals surface area contributed by atoms with E-state index in [4.69, 9.17) is 4.74 Å². The van der Waals surface area contributed by atoms with Crippen LogP contribution in [0.1, 0.15) is 53.3 Å². The zero-order valence-electron chi connectivity index (χ0n) is 14.4. The molecule has 1 rings (SSSR count). The Morgan fingerprint density at radius 2 is 1.95 bits per heavy atom. The Labute approximate surface area is 133 Å². The number of carbonyl (C=O) groups excluding carboxylic acids is 1. The highest BCUT2D eigenvalue weighted by molar-refractivity contribution is 5.68. The lowest BCUT2D eigenvalue weighted by Gasteiger charge is -2.27. The molecular weight excluding hydrogens is 280 g/mol. The van der Waals surface area contributed by atoms with Crippen molar-refractivity contribution < 1.29 is 9.53 Å². The summed E-state index contributed by atoms with van der Waals surface area (Å²) in [7, 11) is 0. The van der Waals surface area contributed by atoms with Crippen molar-refractivity contribution in [2.24, 2.45) is 5.92 Å². The number of hydrogen-bond acceptors (Lipinski definition) is 5. The van der Waals surface area contributed by atoms with Crippen molar-refractivity contribution in [1.29, 1.82) is 0 Å². The Kier molecular flexibility index (Phi) is 6.74. The second-order valence-corrected chi connectivity index (χ2v) is 6.76. The molecule has 1 aromatic rings. The van der Waals surface area contributed by atoms with Crippen LogP contribution in [0.3, 0.4) is 0 Å². The lowest BCUT2D eigenvalue weighted by molar-refractivity contribution is 0.0489. The van der Waals surface area contributed by atoms with E-state index in [-0.39, 0.29) is 24.1 Å². The molecule has 2 unspecified atom stereocenters. The lowest BCUT2D eigenvalue weighted by Crippen LogP contribution is -2.47. The maximum Gasteiger partial charge on any atom is 0.407 e. The molecule has 0 aliphatic heterocycles. The Morgan fingerprint density at radius 1 is 1.27 bits per heavy atom. The van der Waals surface area contributed by atoms with Crippen LogP contribution >= 0.6 is 0 Å². The normalized spacial score (nSPS) is 14.5. The van der Waals surface area contributed by atoms with Crippen LogP contribution in [0, 0.1) is 5.92 Å². The fourth-order valence-electron chi connectivity index (χ4n) is 1.85. The van der Waals surface area contributed by atoms with Crippen LogP contribution in [-0.4, -0.2) is 34.2 Å². The van der Waals surface area contributed by atoms with E-state index in [9.17, 15) is 4.79 Å². The first kappa shape index (κ1) is 18.4. The largest absolute Gasteiger partial charge is 0.444 e. The van der Waals surface area contributed by atoms with Crippen molar-refractivity contribution in [3.8, 4) is 0 Å². The van der Waals surface area contributed by atoms with Crippen LogP contribution in [0.15, 0.2) is 18.6 Å². The van der Waals surface area contributed by atoms with Crippen molar-refractivity contribution >= 4 is 6.09 Å². The van der Waals surface area contributed by atoms with Gasteiger partial charge in [-0.3, -0.25) is 9.97 Å². The van der Waals surface area contributed by atoms with Gasteiger partial charge in [0.1, 0.15) is 5.60 Å². The van der Waals surface area contributed by atoms with Gasteiger partial charge in [0.15, 0.2) is 0 Å². The van der Waals surface area contributed by atoms with E-state index in [1.165, 1.54) is 0 Å². The predicted octanol–water partition coefficient (Wildman–Crippen LogP) is 2.68. The molecule has 1 heterocycles. The molecule has 2 atom stereocenters. The summed E-state index contributed by atoms with van der Waals surface area (Å²) in [6.45, 7) is 12.3. The van der Waals surface area contributed by atoms with Crippen molar-refractivity contribution in [1.82, 2.24) is 20.6 Å². The van der Waals surface area contributed by atoms with E-state index < -0.39 is 5.60 Å². The van der Waals surface area contributed by atoms with Gasteiger partial charge in [0, 0.05) is 37.2 Å². The molecule has 0 radical (unpaired) electrons. The van der Waals surface area contributed by atoms with Gasteiger partial charge in [0.25, 0.3) is 0 Å². The highest BCUT2D eigenvalue weighted by atomic mass is 16.6. The molecule has 1 amide bonds. The monoisotopic (exact) mass is 308 g/mol. The Morgan fingerprint density at radius 3 is 2.45 bits per heavy atom. The van der Waals surface area contributed by atoms with E-state index in [0.717, 1.165) is 5.69 Å². The Balaban J connectivity index is 2.53. The van der Waals surface area contributed by atoms with Gasteiger partial charge in [0.05, 0.1) is 5.69 Å². The molecule has 6 heteroatoms. The van der Waals surface area contributed by atoms with E-state index in [0.29, 0.717) is 6.54 Å². The van der Waals surface area contributed by atoms with E-state index in [2.05, 4.69) is 34.4 Å². The predicted molar refractivity (Wildman–Crippen MR) is 86.4 cm³/mol. The molecular formula is C16H28N4O2. The first-order valence-corrected chi connectivity index (χ1v) is 7.68. The van der Waals surface area contributed by atoms with E-state index >= 15 is 0 Å². The molecule has 0 aliphatic rings. The summed E-state index contributed by atoms with van der Waals surface area (Å²) in [6.07, 6.45) is 4.67. The molecule has 0 aromatic carbocycles. The molecule has 124 valence electrons. The number of nitrogens with zero attached hydrogens (tertiary/aromatic N) is 2. The topological polar surface area (TPSA) is 76.1 Å². The zero-order chi connectivity index (χ0) is 16.8. The number of aromatic nitrogens is 2. The second kappa shape index (κ2) is 8.08. The van der Waals surface area contributed by atoms with Gasteiger partial charge in [-0.1, -0.05) is 13.8 Å². The zero-order valence-corrected chi connectivity index (χ0v) is 14.4. The molecule has 0 aliphatic carbocycles. The summed E-state index contributed by atoms with van der Waals surface area (Å²) in [4.78, 5) is 20.2. The molecule has 2 N–H and O–H groups in total. The smallest absolute Gasteiger partial charge is 0.407 e. The number of carbonyl (C=O) groups is 1. The van der Waals surface area contributed by atoms with Gasteiger partial charge in [-0.15, -0.1) is 0 Å². The van der Waals surface area contributed by atoms with Gasteiger partial charge >= 0.3 is 6.09 Å². The lowest BCUT2D eigenvalue weighted by atomic mass is 10.0. The molecule has 0 saturated carbocycles. The summed E-state index contributed by atoms with van der Waals surface area (Å²) in [5.74, 6) is 0.286. The fourth-order valence-corrected chi connectivity index (χ4v) is 1.85. The molecule has 0 bridgehead atoms. The number of alkyl carbamates (subject to hydrolysis) is 1. The minimum Gasteiger partial charge on any atom is -0.444 e. The van der Waals surface area contributed by atoms with Crippen LogP contribution in [0.4, 0.5) is 4.79 Å². The quantitative estimate of drug-likeness (QED) is 0.845. The number of rotatable bonds is 6. The number of ether oxygens (including phenoxy) is 1. The van der Waals surface area contributed by atoms with Crippen molar-refractivity contribution in [3.05, 3.63) is 24.3 Å². The summed E-state index contributed by atoms with van der Waals surface area (Å²) in [5.41, 5.74) is 0.383. The summed E-state index contributed by atoms with van der Waals surface area (Å²) in [5, 5.41) is 6.30. The maximum absolute atomic E-state index is 11.9. The fraction of sp³-hybridized carbons (Fsp3) is 0.688. The molecule has 6 nitrogen and oxygen atoms in total. The SMILES string of the molecule is CC(NCC(NC(=O)OC(C)(C)C)C(C)C)c1cnccn1. The average Bonchev–Trinajstić information content (AvgIpc) is 2.41. The highest BCUT2D eigenvalue weighted by Crippen LogP contribution is 2.10. The summed E-state index contributed by atoms with van der Waals surface area (Å²) in [6, 6.07) is 0.0457. The summed E-state index contributed by atoms with van der Waals surface area (Å²) >= 11 is 0. The van der Waals surface area contributed by atoms with Crippen molar-refractivity contribution in [2.45, 2.75) is 59.2 Å². The van der Waals surface area contributed by atoms with Gasteiger partial charge in [-0.05, 0) is 33.6 Å². The van der Waals surface area contributed by atoms with Crippen LogP contribution in [0.2, 0.25) is 0 Å². The third-order valence-corrected chi connectivity index (χ3v) is 3.18. The van der Waals surface area contributed by atoms with Crippen molar-refractivity contribution in [3.63, 3.8) is 0 Å². The van der Waals surface area contributed by atoms with Crippen LogP contribution in [-0.2, 0) is 4.74 Å². The Hall–Kier alpha value is -1.69. The van der Waals surface area contributed by atoms with Crippen molar-refractivity contribution in [2.75, 3.05) is 6.54 Å². The van der Waals surface area contributed by atoms with Crippen LogP contribution in [0.5, 0.6) is 0 Å². The Bertz CT molecular complexity index is 457. The summed E-state index contributed by atoms with van der Waals surface area (Å²) < 4.78 is 5.31. The molecule has 1 aromatic heterocycles. The number of hydrogen-bond donors (Lipinski definition) is 2. The second-order valence-electron chi connectivity index (χ2n) is 6.76. The van der Waals surface area contributed by atoms with Gasteiger partial charge in [-0.2, -0.15) is 0 Å². The van der Waals surface area contributed by atoms with Gasteiger partial charge in [0.2, 0.25) is 0 Å². The average molecular weight is 308 g/mol. The highest BCUT2D eigenvalue weighted by Gasteiger charge is 2.22. The maximum atomic E-state index is 11.9. The van der Waals surface area contributed by atoms with Crippen LogP contribution in [0.25, 0.3) is 0 Å². The molecule has 0 saturated heterocycles. The molecule has 0 fully saturated rings. The van der Waals surface area contributed by atoms with E-state index in [1.54, 1.807) is 18.6 Å². The van der Waals surface area contributed by atoms with Gasteiger partial charge in [-0.25, -0.2) is 4.79 Å². The number of amides is 1. The molecule has 22 heavy (non-hydrogen) atoms. The van der Waals surface area contributed by atoms with Crippen LogP contribution < -0.4 is 10.6 Å². The molecule has 0 spiro atoms. The minimum absolute atomic E-state index is 0.0195. The minimum atomic E-state index is -0.494.